The minimum absolute atomic E-state index is 0.147. The molecule has 168 valence electrons. The first-order valence-corrected chi connectivity index (χ1v) is 13.4. The van der Waals surface area contributed by atoms with Crippen LogP contribution in [0.15, 0.2) is 41.6 Å². The summed E-state index contributed by atoms with van der Waals surface area (Å²) < 4.78 is 39.8. The van der Waals surface area contributed by atoms with Gasteiger partial charge in [-0.05, 0) is 30.0 Å². The number of carbonyl (C=O) groups excluding carboxylic acids is 1. The molecule has 2 atom stereocenters. The molecule has 1 unspecified atom stereocenters. The molecule has 1 saturated carbocycles. The van der Waals surface area contributed by atoms with Crippen LogP contribution in [0.4, 0.5) is 5.82 Å². The van der Waals surface area contributed by atoms with E-state index in [9.17, 15) is 22.7 Å². The molecule has 0 bridgehead atoms. The molecule has 1 fully saturated rings. The second-order valence-electron chi connectivity index (χ2n) is 7.73. The van der Waals surface area contributed by atoms with Gasteiger partial charge in [-0.25, -0.2) is 18.4 Å². The second kappa shape index (κ2) is 9.56. The number of anilines is 1. The molecule has 0 radical (unpaired) electrons. The Hall–Kier alpha value is -2.13. The van der Waals surface area contributed by atoms with Gasteiger partial charge in [-0.1, -0.05) is 37.8 Å². The average molecular weight is 467 g/mol. The van der Waals surface area contributed by atoms with Gasteiger partial charge in [0.05, 0.1) is 23.2 Å². The monoisotopic (exact) mass is 467 g/mol. The molecular formula is C20H26N3O6PS. The Morgan fingerprint density at radius 3 is 2.39 bits per heavy atom. The Morgan fingerprint density at radius 2 is 1.87 bits per heavy atom. The minimum Gasteiger partial charge on any atom is -0.320 e. The Kier molecular flexibility index (Phi) is 7.26. The molecule has 1 aromatic carbocycles. The van der Waals surface area contributed by atoms with Crippen LogP contribution in [0.25, 0.3) is 0 Å². The topological polar surface area (TPSA) is 136 Å². The Labute approximate surface area is 181 Å². The van der Waals surface area contributed by atoms with Gasteiger partial charge in [0.2, 0.25) is 5.91 Å². The van der Waals surface area contributed by atoms with E-state index in [4.69, 9.17) is 0 Å². The van der Waals surface area contributed by atoms with Gasteiger partial charge in [-0.15, -0.1) is 0 Å². The number of hydrogen-bond donors (Lipinski definition) is 2. The van der Waals surface area contributed by atoms with Crippen molar-refractivity contribution in [2.75, 3.05) is 18.7 Å². The van der Waals surface area contributed by atoms with Crippen LogP contribution in [-0.2, 0) is 23.7 Å². The summed E-state index contributed by atoms with van der Waals surface area (Å²) in [5, 5.41) is 2.71. The zero-order valence-electron chi connectivity index (χ0n) is 17.4. The molecule has 11 heteroatoms. The highest BCUT2D eigenvalue weighted by Crippen LogP contribution is 2.38. The van der Waals surface area contributed by atoms with Gasteiger partial charge in [0.15, 0.2) is 21.1 Å². The molecule has 3 rings (SSSR count). The maximum absolute atomic E-state index is 13.1. The van der Waals surface area contributed by atoms with E-state index in [1.54, 1.807) is 12.1 Å². The van der Waals surface area contributed by atoms with Crippen molar-refractivity contribution < 1.29 is 27.2 Å². The highest BCUT2D eigenvalue weighted by Gasteiger charge is 2.28. The lowest BCUT2D eigenvalue weighted by atomic mass is 9.87. The van der Waals surface area contributed by atoms with Crippen LogP contribution in [0.2, 0.25) is 0 Å². The number of sulfone groups is 1. The molecule has 0 aliphatic heterocycles. The van der Waals surface area contributed by atoms with Crippen LogP contribution < -0.4 is 10.8 Å². The van der Waals surface area contributed by atoms with Gasteiger partial charge in [-0.2, -0.15) is 0 Å². The van der Waals surface area contributed by atoms with Gasteiger partial charge in [0.1, 0.15) is 0 Å². The summed E-state index contributed by atoms with van der Waals surface area (Å²) in [6.45, 7) is 0. The molecule has 1 aliphatic carbocycles. The van der Waals surface area contributed by atoms with Crippen LogP contribution in [0.3, 0.4) is 0 Å². The third-order valence-corrected chi connectivity index (χ3v) is 7.93. The molecular weight excluding hydrogens is 441 g/mol. The number of hydrogen-bond acceptors (Lipinski definition) is 7. The van der Waals surface area contributed by atoms with E-state index in [1.165, 1.54) is 18.3 Å². The van der Waals surface area contributed by atoms with Crippen LogP contribution in [0.1, 0.15) is 43.6 Å². The fourth-order valence-electron chi connectivity index (χ4n) is 3.76. The van der Waals surface area contributed by atoms with E-state index in [0.717, 1.165) is 50.8 Å². The number of aromatic nitrogens is 2. The number of nitrogens with one attached hydrogen (secondary N) is 1. The Morgan fingerprint density at radius 1 is 1.23 bits per heavy atom. The lowest BCUT2D eigenvalue weighted by Crippen LogP contribution is -2.24. The summed E-state index contributed by atoms with van der Waals surface area (Å²) in [6, 6.07) is 6.37. The summed E-state index contributed by atoms with van der Waals surface area (Å²) >= 11 is 0. The normalized spacial score (nSPS) is 17.8. The van der Waals surface area contributed by atoms with Crippen molar-refractivity contribution in [3.05, 3.63) is 42.2 Å². The second-order valence-corrected chi connectivity index (χ2v) is 11.6. The van der Waals surface area contributed by atoms with E-state index < -0.39 is 23.4 Å². The van der Waals surface area contributed by atoms with Gasteiger partial charge in [0, 0.05) is 13.4 Å². The smallest absolute Gasteiger partial charge is 0.320 e. The molecule has 2 aromatic rings. The molecule has 1 aromatic heterocycles. The molecule has 1 amide bonds. The molecule has 9 nitrogen and oxygen atoms in total. The lowest BCUT2D eigenvalue weighted by Gasteiger charge is -2.20. The van der Waals surface area contributed by atoms with E-state index in [-0.39, 0.29) is 22.1 Å². The van der Waals surface area contributed by atoms with Gasteiger partial charge < -0.3 is 14.7 Å². The highest BCUT2D eigenvalue weighted by atomic mass is 32.2. The summed E-state index contributed by atoms with van der Waals surface area (Å²) in [6.07, 6.45) is 8.47. The standard InChI is InChI=1S/C20H26N3O6PS/c1-29-30(25,26)19-13-21-18(12-22-19)23-20(24)17(11-14-5-3-4-6-14)15-7-9-16(10-8-15)31(2,27)28/h7-10,12-14,17H,3-6,11H2,1-2H3,(H,25,26)(H,21,23,24)/t17-/m1/s1. The van der Waals surface area contributed by atoms with Crippen molar-refractivity contribution in [3.8, 4) is 0 Å². The number of carbonyl (C=O) groups is 1. The molecule has 1 heterocycles. The van der Waals surface area contributed by atoms with Crippen LogP contribution >= 0.6 is 7.60 Å². The zero-order valence-corrected chi connectivity index (χ0v) is 19.1. The van der Waals surface area contributed by atoms with Crippen LogP contribution in [-0.4, -0.2) is 42.6 Å². The SMILES string of the molecule is COP(=O)(O)c1cnc(NC(=O)[C@H](CC2CCCC2)c2ccc(S(C)(=O)=O)cc2)cn1. The van der Waals surface area contributed by atoms with Crippen molar-refractivity contribution >= 4 is 34.6 Å². The summed E-state index contributed by atoms with van der Waals surface area (Å²) in [4.78, 5) is 30.8. The van der Waals surface area contributed by atoms with Crippen molar-refractivity contribution in [3.63, 3.8) is 0 Å². The van der Waals surface area contributed by atoms with Crippen molar-refractivity contribution in [2.24, 2.45) is 5.92 Å². The Bertz CT molecular complexity index is 1070. The van der Waals surface area contributed by atoms with Gasteiger partial charge in [-0.3, -0.25) is 9.36 Å². The first-order chi connectivity index (χ1) is 14.6. The highest BCUT2D eigenvalue weighted by molar-refractivity contribution is 7.90. The Balaban J connectivity index is 1.81. The van der Waals surface area contributed by atoms with E-state index >= 15 is 0 Å². The number of benzene rings is 1. The summed E-state index contributed by atoms with van der Waals surface area (Å²) in [7, 11) is -6.25. The quantitative estimate of drug-likeness (QED) is 0.566. The molecule has 0 spiro atoms. The molecule has 31 heavy (non-hydrogen) atoms. The van der Waals surface area contributed by atoms with Crippen LogP contribution in [0, 0.1) is 5.92 Å². The fourth-order valence-corrected chi connectivity index (χ4v) is 4.98. The lowest BCUT2D eigenvalue weighted by molar-refractivity contribution is -0.118. The maximum atomic E-state index is 13.1. The number of amides is 1. The van der Waals surface area contributed by atoms with E-state index in [0.29, 0.717) is 12.3 Å². The number of rotatable bonds is 8. The van der Waals surface area contributed by atoms with Crippen LogP contribution in [0.5, 0.6) is 0 Å². The largest absolute Gasteiger partial charge is 0.378 e. The summed E-state index contributed by atoms with van der Waals surface area (Å²) in [5.74, 6) is -0.212. The fraction of sp³-hybridized carbons (Fsp3) is 0.450. The van der Waals surface area contributed by atoms with Crippen molar-refractivity contribution in [1.82, 2.24) is 9.97 Å². The van der Waals surface area contributed by atoms with Gasteiger partial charge in [0.25, 0.3) is 0 Å². The predicted molar refractivity (Wildman–Crippen MR) is 116 cm³/mol. The predicted octanol–water partition coefficient (Wildman–Crippen LogP) is 2.64. The summed E-state index contributed by atoms with van der Waals surface area (Å²) in [5.41, 5.74) is 0.507. The third-order valence-electron chi connectivity index (χ3n) is 5.50. The van der Waals surface area contributed by atoms with Crippen molar-refractivity contribution in [2.45, 2.75) is 42.9 Å². The molecule has 0 saturated heterocycles. The average Bonchev–Trinajstić information content (AvgIpc) is 3.25. The van der Waals surface area contributed by atoms with E-state index in [2.05, 4.69) is 19.8 Å². The van der Waals surface area contributed by atoms with Crippen molar-refractivity contribution in [1.29, 1.82) is 0 Å². The number of nitrogens with zero attached hydrogens (tertiary/aromatic N) is 2. The molecule has 1 aliphatic rings. The first-order valence-electron chi connectivity index (χ1n) is 9.92. The first kappa shape index (κ1) is 23.5. The zero-order chi connectivity index (χ0) is 22.6. The molecule has 2 N–H and O–H groups in total. The van der Waals surface area contributed by atoms with E-state index in [1.807, 2.05) is 0 Å². The third kappa shape index (κ3) is 5.98. The van der Waals surface area contributed by atoms with Gasteiger partial charge >= 0.3 is 7.60 Å². The maximum Gasteiger partial charge on any atom is 0.378 e. The minimum atomic E-state index is -4.02.